The molecule has 8 nitrogen and oxygen atoms in total. The number of hydrogen-bond donors (Lipinski definition) is 3. The second-order valence-electron chi connectivity index (χ2n) is 8.83. The molecule has 1 heterocycles. The molecule has 38 heavy (non-hydrogen) atoms. The molecule has 0 aliphatic heterocycles. The number of carboxylic acid groups (broad SMARTS) is 1. The average molecular weight is 542 g/mol. The van der Waals surface area contributed by atoms with Gasteiger partial charge in [0.15, 0.2) is 17.4 Å². The van der Waals surface area contributed by atoms with Crippen molar-refractivity contribution in [2.24, 2.45) is 0 Å². The monoisotopic (exact) mass is 542 g/mol. The lowest BCUT2D eigenvalue weighted by Crippen LogP contribution is -2.52. The van der Waals surface area contributed by atoms with Crippen molar-refractivity contribution in [2.75, 3.05) is 0 Å². The molecular formula is C25H23F5N2O6. The molecule has 0 saturated carbocycles. The second kappa shape index (κ2) is 9.95. The Labute approximate surface area is 212 Å². The number of nitrogens with one attached hydrogen (secondary N) is 1. The van der Waals surface area contributed by atoms with Crippen molar-refractivity contribution in [3.8, 4) is 11.5 Å². The highest BCUT2D eigenvalue weighted by molar-refractivity contribution is 6.06. The summed E-state index contributed by atoms with van der Waals surface area (Å²) in [7, 11) is 0. The maximum atomic E-state index is 15.2. The molecule has 0 radical (unpaired) electrons. The number of rotatable bonds is 7. The summed E-state index contributed by atoms with van der Waals surface area (Å²) in [6, 6.07) is 4.46. The fourth-order valence-corrected chi connectivity index (χ4v) is 4.04. The topological polar surface area (TPSA) is 118 Å². The molecule has 2 aromatic carbocycles. The van der Waals surface area contributed by atoms with Crippen LogP contribution in [0.1, 0.15) is 54.7 Å². The van der Waals surface area contributed by atoms with Crippen LogP contribution in [0.25, 0.3) is 10.9 Å². The standard InChI is InChI=1S/C25H23F5N2O6/c1-5-24(4,23(36)37)31-21(34)11(2)17-12(3)32(16-10-15(26)20(33)19(27)18(16)17)22(35)13-6-8-14(9-7-13)38-25(28,29)30/h6-11,33H,5H2,1-4H3,(H,31,34)(H,36,37). The molecule has 2 unspecified atom stereocenters. The zero-order chi connectivity index (χ0) is 28.7. The van der Waals surface area contributed by atoms with Crippen LogP contribution in [0.15, 0.2) is 30.3 Å². The minimum atomic E-state index is -4.96. The highest BCUT2D eigenvalue weighted by Gasteiger charge is 2.37. The number of phenols is 1. The normalized spacial score (nSPS) is 14.1. The summed E-state index contributed by atoms with van der Waals surface area (Å²) < 4.78 is 71.6. The highest BCUT2D eigenvalue weighted by atomic mass is 19.4. The Balaban J connectivity index is 2.17. The molecule has 0 saturated heterocycles. The number of aromatic hydroxyl groups is 1. The first kappa shape index (κ1) is 28.4. The molecule has 0 aliphatic carbocycles. The molecule has 204 valence electrons. The van der Waals surface area contributed by atoms with Crippen molar-refractivity contribution in [1.82, 2.24) is 9.88 Å². The maximum absolute atomic E-state index is 15.2. The summed E-state index contributed by atoms with van der Waals surface area (Å²) in [4.78, 5) is 38.1. The van der Waals surface area contributed by atoms with E-state index in [1.54, 1.807) is 0 Å². The number of carbonyl (C=O) groups excluding carboxylic acids is 2. The fourth-order valence-electron chi connectivity index (χ4n) is 4.04. The van der Waals surface area contributed by atoms with Crippen LogP contribution in [0.5, 0.6) is 11.5 Å². The second-order valence-corrected chi connectivity index (χ2v) is 8.83. The van der Waals surface area contributed by atoms with Gasteiger partial charge in [0, 0.05) is 22.7 Å². The molecule has 0 bridgehead atoms. The number of aromatic nitrogens is 1. The van der Waals surface area contributed by atoms with E-state index >= 15 is 4.39 Å². The van der Waals surface area contributed by atoms with Gasteiger partial charge in [-0.05, 0) is 57.0 Å². The SMILES string of the molecule is CCC(C)(NC(=O)C(C)c1c(C)n(C(=O)c2ccc(OC(F)(F)F)cc2)c2cc(F)c(O)c(F)c12)C(=O)O. The molecule has 2 atom stereocenters. The Kier molecular flexibility index (Phi) is 7.44. The number of halogens is 5. The van der Waals surface area contributed by atoms with Crippen LogP contribution < -0.4 is 10.1 Å². The molecule has 3 rings (SSSR count). The van der Waals surface area contributed by atoms with Crippen LogP contribution in [0.3, 0.4) is 0 Å². The Hall–Kier alpha value is -4.16. The summed E-state index contributed by atoms with van der Waals surface area (Å²) in [6.07, 6.45) is -4.95. The molecule has 0 aliphatic rings. The Bertz CT molecular complexity index is 1430. The lowest BCUT2D eigenvalue weighted by atomic mass is 9.93. The van der Waals surface area contributed by atoms with Gasteiger partial charge in [-0.25, -0.2) is 13.6 Å². The zero-order valence-electron chi connectivity index (χ0n) is 20.5. The van der Waals surface area contributed by atoms with Crippen molar-refractivity contribution in [3.63, 3.8) is 0 Å². The van der Waals surface area contributed by atoms with Crippen molar-refractivity contribution in [2.45, 2.75) is 51.9 Å². The lowest BCUT2D eigenvalue weighted by molar-refractivity contribution is -0.274. The van der Waals surface area contributed by atoms with Crippen LogP contribution in [0.2, 0.25) is 0 Å². The third kappa shape index (κ3) is 5.13. The van der Waals surface area contributed by atoms with Gasteiger partial charge in [0.25, 0.3) is 5.91 Å². The van der Waals surface area contributed by atoms with Gasteiger partial charge in [-0.1, -0.05) is 6.92 Å². The fraction of sp³-hybridized carbons (Fsp3) is 0.320. The number of ether oxygens (including phenoxy) is 1. The molecular weight excluding hydrogens is 519 g/mol. The van der Waals surface area contributed by atoms with Gasteiger partial charge in [-0.15, -0.1) is 13.2 Å². The van der Waals surface area contributed by atoms with E-state index in [1.165, 1.54) is 27.7 Å². The van der Waals surface area contributed by atoms with Crippen molar-refractivity contribution < 1.29 is 51.3 Å². The van der Waals surface area contributed by atoms with E-state index in [0.717, 1.165) is 28.8 Å². The number of nitrogens with zero attached hydrogens (tertiary/aromatic N) is 1. The van der Waals surface area contributed by atoms with Gasteiger partial charge in [0.05, 0.1) is 11.4 Å². The Morgan fingerprint density at radius 1 is 1.13 bits per heavy atom. The van der Waals surface area contributed by atoms with Crippen LogP contribution in [0.4, 0.5) is 22.0 Å². The average Bonchev–Trinajstić information content (AvgIpc) is 3.12. The summed E-state index contributed by atoms with van der Waals surface area (Å²) >= 11 is 0. The highest BCUT2D eigenvalue weighted by Crippen LogP contribution is 2.39. The minimum absolute atomic E-state index is 0.00836. The first-order valence-electron chi connectivity index (χ1n) is 11.2. The van der Waals surface area contributed by atoms with Gasteiger partial charge < -0.3 is 20.3 Å². The van der Waals surface area contributed by atoms with Crippen molar-refractivity contribution >= 4 is 28.7 Å². The number of carbonyl (C=O) groups is 3. The van der Waals surface area contributed by atoms with E-state index in [0.29, 0.717) is 6.07 Å². The van der Waals surface area contributed by atoms with E-state index < -0.39 is 64.1 Å². The van der Waals surface area contributed by atoms with Crippen LogP contribution in [-0.2, 0) is 9.59 Å². The van der Waals surface area contributed by atoms with Gasteiger partial charge in [-0.2, -0.15) is 0 Å². The predicted molar refractivity (Wildman–Crippen MR) is 124 cm³/mol. The van der Waals surface area contributed by atoms with Crippen LogP contribution in [0, 0.1) is 18.6 Å². The number of alkyl halides is 3. The number of aliphatic carboxylic acids is 1. The summed E-state index contributed by atoms with van der Waals surface area (Å²) in [5.74, 6) is -9.15. The van der Waals surface area contributed by atoms with E-state index in [-0.39, 0.29) is 28.8 Å². The number of hydrogen-bond acceptors (Lipinski definition) is 5. The number of fused-ring (bicyclic) bond motifs is 1. The molecule has 13 heteroatoms. The minimum Gasteiger partial charge on any atom is -0.503 e. The smallest absolute Gasteiger partial charge is 0.503 e. The summed E-state index contributed by atoms with van der Waals surface area (Å²) in [5.41, 5.74) is -2.37. The third-order valence-electron chi connectivity index (χ3n) is 6.35. The summed E-state index contributed by atoms with van der Waals surface area (Å²) in [5, 5.41) is 21.3. The van der Waals surface area contributed by atoms with E-state index in [1.807, 2.05) is 0 Å². The summed E-state index contributed by atoms with van der Waals surface area (Å²) in [6.45, 7) is 5.43. The number of carboxylic acids is 1. The molecule has 1 aromatic heterocycles. The van der Waals surface area contributed by atoms with Gasteiger partial charge in [0.2, 0.25) is 5.91 Å². The Morgan fingerprint density at radius 3 is 2.21 bits per heavy atom. The lowest BCUT2D eigenvalue weighted by Gasteiger charge is -2.26. The first-order valence-corrected chi connectivity index (χ1v) is 11.2. The predicted octanol–water partition coefficient (Wildman–Crippen LogP) is 4.99. The number of benzene rings is 2. The van der Waals surface area contributed by atoms with Crippen molar-refractivity contribution in [1.29, 1.82) is 0 Å². The van der Waals surface area contributed by atoms with E-state index in [2.05, 4.69) is 10.1 Å². The van der Waals surface area contributed by atoms with Gasteiger partial charge >= 0.3 is 12.3 Å². The van der Waals surface area contributed by atoms with Crippen molar-refractivity contribution in [3.05, 3.63) is 58.8 Å². The zero-order valence-corrected chi connectivity index (χ0v) is 20.5. The third-order valence-corrected chi connectivity index (χ3v) is 6.35. The molecule has 0 fully saturated rings. The van der Waals surface area contributed by atoms with E-state index in [4.69, 9.17) is 0 Å². The van der Waals surface area contributed by atoms with Crippen LogP contribution in [-0.4, -0.2) is 44.5 Å². The molecule has 0 spiro atoms. The number of amides is 1. The van der Waals surface area contributed by atoms with E-state index in [9.17, 15) is 42.2 Å². The largest absolute Gasteiger partial charge is 0.573 e. The number of phenolic OH excluding ortho intramolecular Hbond substituents is 1. The molecule has 1 amide bonds. The molecule has 3 N–H and O–H groups in total. The quantitative estimate of drug-likeness (QED) is 0.362. The molecule has 3 aromatic rings. The van der Waals surface area contributed by atoms with Crippen LogP contribution >= 0.6 is 0 Å². The first-order chi connectivity index (χ1) is 17.5. The maximum Gasteiger partial charge on any atom is 0.573 e. The van der Waals surface area contributed by atoms with Gasteiger partial charge in [-0.3, -0.25) is 14.2 Å². The Morgan fingerprint density at radius 2 is 1.71 bits per heavy atom. The van der Waals surface area contributed by atoms with Gasteiger partial charge in [0.1, 0.15) is 11.3 Å².